The summed E-state index contributed by atoms with van der Waals surface area (Å²) in [5, 5.41) is 5.17. The zero-order valence-electron chi connectivity index (χ0n) is 15.3. The summed E-state index contributed by atoms with van der Waals surface area (Å²) in [4.78, 5) is 30.8. The van der Waals surface area contributed by atoms with E-state index in [1.165, 1.54) is 30.8 Å². The normalized spacial score (nSPS) is 23.6. The fraction of sp³-hybridized carbons (Fsp3) is 0.421. The molecule has 3 heterocycles. The van der Waals surface area contributed by atoms with Crippen molar-refractivity contribution in [1.29, 1.82) is 0 Å². The molecule has 2 aromatic rings. The quantitative estimate of drug-likeness (QED) is 0.791. The summed E-state index contributed by atoms with van der Waals surface area (Å²) in [6.45, 7) is 3.04. The van der Waals surface area contributed by atoms with Crippen LogP contribution in [0.1, 0.15) is 22.6 Å². The van der Waals surface area contributed by atoms with Crippen LogP contribution >= 0.6 is 11.3 Å². The number of fused-ring (bicyclic) bond motifs is 2. The number of amides is 2. The predicted molar refractivity (Wildman–Crippen MR) is 103 cm³/mol. The van der Waals surface area contributed by atoms with E-state index in [0.29, 0.717) is 21.4 Å². The number of nitrogens with zero attached hydrogens (tertiary/aromatic N) is 2. The van der Waals surface area contributed by atoms with Crippen LogP contribution in [0.15, 0.2) is 30.5 Å². The average Bonchev–Trinajstić information content (AvgIpc) is 3.28. The minimum atomic E-state index is -4.96. The van der Waals surface area contributed by atoms with Crippen LogP contribution < -0.4 is 10.6 Å². The third-order valence-electron chi connectivity index (χ3n) is 5.16. The summed E-state index contributed by atoms with van der Waals surface area (Å²) in [6, 6.07) is 6.12. The number of hydrogen-bond acceptors (Lipinski definition) is 5. The largest absolute Gasteiger partial charge is 0.471 e. The minimum absolute atomic E-state index is 0.0240. The van der Waals surface area contributed by atoms with Gasteiger partial charge in [-0.2, -0.15) is 13.2 Å². The van der Waals surface area contributed by atoms with Crippen LogP contribution in [0.3, 0.4) is 0 Å². The van der Waals surface area contributed by atoms with Gasteiger partial charge in [0.2, 0.25) is 0 Å². The number of thiazole rings is 1. The number of piperidine rings is 1. The highest BCUT2D eigenvalue weighted by Crippen LogP contribution is 2.30. The number of alkyl halides is 3. The first-order chi connectivity index (χ1) is 13.8. The maximum absolute atomic E-state index is 12.6. The van der Waals surface area contributed by atoms with Gasteiger partial charge in [0.05, 0.1) is 4.88 Å². The molecule has 2 N–H and O–H groups in total. The Bertz CT molecular complexity index is 918. The van der Waals surface area contributed by atoms with Gasteiger partial charge in [-0.05, 0) is 43.0 Å². The van der Waals surface area contributed by atoms with Crippen LogP contribution in [0.4, 0.5) is 18.9 Å². The van der Waals surface area contributed by atoms with E-state index in [-0.39, 0.29) is 17.6 Å². The highest BCUT2D eigenvalue weighted by Gasteiger charge is 2.38. The number of rotatable bonds is 4. The van der Waals surface area contributed by atoms with E-state index in [0.717, 1.165) is 37.4 Å². The first-order valence-electron chi connectivity index (χ1n) is 9.25. The van der Waals surface area contributed by atoms with Gasteiger partial charge < -0.3 is 15.5 Å². The van der Waals surface area contributed by atoms with Gasteiger partial charge >= 0.3 is 12.1 Å². The molecule has 10 heteroatoms. The zero-order valence-corrected chi connectivity index (χ0v) is 16.1. The molecular weight excluding hydrogens is 405 g/mol. The van der Waals surface area contributed by atoms with Crippen molar-refractivity contribution in [2.45, 2.75) is 25.1 Å². The predicted octanol–water partition coefficient (Wildman–Crippen LogP) is 3.13. The molecule has 1 aromatic carbocycles. The summed E-state index contributed by atoms with van der Waals surface area (Å²) in [7, 11) is 0. The average molecular weight is 424 g/mol. The van der Waals surface area contributed by atoms with Crippen LogP contribution in [0.25, 0.3) is 10.4 Å². The summed E-state index contributed by atoms with van der Waals surface area (Å²) >= 11 is 1.16. The topological polar surface area (TPSA) is 74.3 Å². The van der Waals surface area contributed by atoms with E-state index < -0.39 is 12.1 Å². The first kappa shape index (κ1) is 19.8. The van der Waals surface area contributed by atoms with Gasteiger partial charge in [-0.15, -0.1) is 11.3 Å². The molecule has 2 amide bonds. The number of carbonyl (C=O) groups excluding carboxylic acids is 2. The van der Waals surface area contributed by atoms with Gasteiger partial charge in [0.15, 0.2) is 5.01 Å². The highest BCUT2D eigenvalue weighted by atomic mass is 32.1. The summed E-state index contributed by atoms with van der Waals surface area (Å²) in [6.07, 6.45) is -1.30. The number of nitrogens with one attached hydrogen (secondary N) is 2. The van der Waals surface area contributed by atoms with Crippen molar-refractivity contribution in [3.8, 4) is 10.4 Å². The maximum atomic E-state index is 12.6. The molecule has 2 saturated heterocycles. The van der Waals surface area contributed by atoms with Crippen LogP contribution in [0.2, 0.25) is 0 Å². The number of hydrogen-bond donors (Lipinski definition) is 2. The molecule has 29 heavy (non-hydrogen) atoms. The second-order valence-electron chi connectivity index (χ2n) is 7.38. The molecule has 154 valence electrons. The Labute approximate surface area is 169 Å². The fourth-order valence-corrected chi connectivity index (χ4v) is 4.69. The van der Waals surface area contributed by atoms with Crippen molar-refractivity contribution in [1.82, 2.24) is 15.2 Å². The molecule has 2 aliphatic rings. The van der Waals surface area contributed by atoms with Gasteiger partial charge in [-0.25, -0.2) is 4.98 Å². The maximum Gasteiger partial charge on any atom is 0.471 e. The lowest BCUT2D eigenvalue weighted by atomic mass is 9.97. The number of benzene rings is 1. The van der Waals surface area contributed by atoms with Gasteiger partial charge in [-0.1, -0.05) is 12.1 Å². The SMILES string of the molecule is O=C(NC1CC2CCN(C2)C1)c1ncc(-c2cccc(NC(=O)C(F)(F)F)c2)s1. The third-order valence-corrected chi connectivity index (χ3v) is 6.21. The molecular formula is C19H19F3N4O2S. The Kier molecular flexibility index (Phi) is 5.30. The minimum Gasteiger partial charge on any atom is -0.346 e. The second-order valence-corrected chi connectivity index (χ2v) is 8.41. The van der Waals surface area contributed by atoms with Gasteiger partial charge in [0.25, 0.3) is 5.91 Å². The Morgan fingerprint density at radius 3 is 2.83 bits per heavy atom. The summed E-state index contributed by atoms with van der Waals surface area (Å²) in [5.41, 5.74) is 0.597. The van der Waals surface area contributed by atoms with Crippen LogP contribution in [-0.4, -0.2) is 53.6 Å². The molecule has 0 radical (unpaired) electrons. The van der Waals surface area contributed by atoms with Crippen molar-refractivity contribution in [3.05, 3.63) is 35.5 Å². The number of aromatic nitrogens is 1. The molecule has 2 aliphatic heterocycles. The Morgan fingerprint density at radius 2 is 2.07 bits per heavy atom. The van der Waals surface area contributed by atoms with Crippen molar-refractivity contribution < 1.29 is 22.8 Å². The van der Waals surface area contributed by atoms with Gasteiger partial charge in [-0.3, -0.25) is 9.59 Å². The van der Waals surface area contributed by atoms with E-state index in [4.69, 9.17) is 0 Å². The van der Waals surface area contributed by atoms with E-state index >= 15 is 0 Å². The third kappa shape index (κ3) is 4.59. The Balaban J connectivity index is 1.43. The molecule has 2 fully saturated rings. The summed E-state index contributed by atoms with van der Waals surface area (Å²) in [5.74, 6) is -1.64. The molecule has 3 unspecified atom stereocenters. The van der Waals surface area contributed by atoms with Crippen molar-refractivity contribution in [2.24, 2.45) is 5.92 Å². The number of halogens is 3. The molecule has 3 atom stereocenters. The van der Waals surface area contributed by atoms with E-state index in [1.807, 2.05) is 5.32 Å². The second kappa shape index (κ2) is 7.75. The number of carbonyl (C=O) groups is 2. The van der Waals surface area contributed by atoms with Crippen LogP contribution in [0.5, 0.6) is 0 Å². The Hall–Kier alpha value is -2.46. The first-order valence-corrected chi connectivity index (χ1v) is 10.1. The summed E-state index contributed by atoms with van der Waals surface area (Å²) < 4.78 is 37.3. The molecule has 6 nitrogen and oxygen atoms in total. The Morgan fingerprint density at radius 1 is 1.24 bits per heavy atom. The van der Waals surface area contributed by atoms with E-state index in [1.54, 1.807) is 6.07 Å². The van der Waals surface area contributed by atoms with Gasteiger partial charge in [0, 0.05) is 31.0 Å². The van der Waals surface area contributed by atoms with Crippen molar-refractivity contribution in [3.63, 3.8) is 0 Å². The molecule has 0 aliphatic carbocycles. The van der Waals surface area contributed by atoms with Crippen LogP contribution in [-0.2, 0) is 4.79 Å². The van der Waals surface area contributed by atoms with Crippen molar-refractivity contribution in [2.75, 3.05) is 25.0 Å². The number of anilines is 1. The van der Waals surface area contributed by atoms with E-state index in [9.17, 15) is 22.8 Å². The molecule has 4 rings (SSSR count). The smallest absolute Gasteiger partial charge is 0.346 e. The lowest BCUT2D eigenvalue weighted by Crippen LogP contribution is -2.46. The molecule has 2 bridgehead atoms. The monoisotopic (exact) mass is 424 g/mol. The molecule has 0 saturated carbocycles. The lowest BCUT2D eigenvalue weighted by molar-refractivity contribution is -0.167. The van der Waals surface area contributed by atoms with Crippen molar-refractivity contribution >= 4 is 28.8 Å². The fourth-order valence-electron chi connectivity index (χ4n) is 3.88. The van der Waals surface area contributed by atoms with E-state index in [2.05, 4.69) is 15.2 Å². The van der Waals surface area contributed by atoms with Crippen LogP contribution in [0, 0.1) is 5.92 Å². The molecule has 0 spiro atoms. The molecule has 1 aromatic heterocycles. The highest BCUT2D eigenvalue weighted by molar-refractivity contribution is 7.17. The standard InChI is InChI=1S/C19H19F3N4O2S/c20-19(21,22)18(28)25-13-3-1-2-12(7-13)15-8-23-17(29-15)16(27)24-14-6-11-4-5-26(9-11)10-14/h1-3,7-8,11,14H,4-6,9-10H2,(H,24,27)(H,25,28). The lowest BCUT2D eigenvalue weighted by Gasteiger charge is -2.30. The zero-order chi connectivity index (χ0) is 20.6. The van der Waals surface area contributed by atoms with Gasteiger partial charge in [0.1, 0.15) is 0 Å².